The number of carbonyl (C=O) groups is 1. The Balaban J connectivity index is 2.60. The average Bonchev–Trinajstić information content (AvgIpc) is 2.58. The van der Waals surface area contributed by atoms with Gasteiger partial charge in [0.1, 0.15) is 18.2 Å². The number of methoxy groups -OCH3 is 1. The molecule has 2 rings (SSSR count). The molecule has 0 fully saturated rings. The van der Waals surface area contributed by atoms with Crippen molar-refractivity contribution >= 4 is 5.97 Å². The van der Waals surface area contributed by atoms with E-state index >= 15 is 0 Å². The minimum Gasteiger partial charge on any atom is -0.492 e. The van der Waals surface area contributed by atoms with Gasteiger partial charge in [0.2, 0.25) is 0 Å². The van der Waals surface area contributed by atoms with E-state index in [1.807, 2.05) is 0 Å². The Hall–Kier alpha value is -2.61. The van der Waals surface area contributed by atoms with Gasteiger partial charge < -0.3 is 15.2 Å². The summed E-state index contributed by atoms with van der Waals surface area (Å²) < 4.78 is 63.0. The summed E-state index contributed by atoms with van der Waals surface area (Å²) in [5.41, 5.74) is 3.71. The Morgan fingerprint density at radius 1 is 1.20 bits per heavy atom. The number of alkyl halides is 3. The molecule has 0 radical (unpaired) electrons. The average molecular weight is 357 g/mol. The summed E-state index contributed by atoms with van der Waals surface area (Å²) in [7, 11) is 1.15. The van der Waals surface area contributed by atoms with Crippen molar-refractivity contribution in [3.05, 3.63) is 53.3 Å². The van der Waals surface area contributed by atoms with Gasteiger partial charge in [-0.15, -0.1) is 0 Å². The molecule has 0 saturated heterocycles. The Kier molecular flexibility index (Phi) is 5.63. The smallest absolute Gasteiger partial charge is 0.419 e. The number of rotatable bonds is 5. The van der Waals surface area contributed by atoms with Crippen LogP contribution in [0.15, 0.2) is 36.4 Å². The van der Waals surface area contributed by atoms with Crippen molar-refractivity contribution in [1.29, 1.82) is 0 Å². The van der Waals surface area contributed by atoms with Gasteiger partial charge in [0.05, 0.1) is 18.2 Å². The lowest BCUT2D eigenvalue weighted by Crippen LogP contribution is -2.11. The Labute approximate surface area is 141 Å². The molecular weight excluding hydrogens is 342 g/mol. The van der Waals surface area contributed by atoms with Crippen molar-refractivity contribution in [3.63, 3.8) is 0 Å². The molecule has 0 aliphatic carbocycles. The molecule has 8 heteroatoms. The molecule has 0 bridgehead atoms. The zero-order valence-electron chi connectivity index (χ0n) is 13.2. The van der Waals surface area contributed by atoms with Crippen molar-refractivity contribution in [2.75, 3.05) is 20.3 Å². The van der Waals surface area contributed by atoms with Crippen LogP contribution in [0.5, 0.6) is 5.75 Å². The lowest BCUT2D eigenvalue weighted by Gasteiger charge is -2.13. The Morgan fingerprint density at radius 3 is 2.52 bits per heavy atom. The van der Waals surface area contributed by atoms with Gasteiger partial charge in [0, 0.05) is 12.1 Å². The third kappa shape index (κ3) is 4.27. The Bertz CT molecular complexity index is 775. The van der Waals surface area contributed by atoms with E-state index in [0.717, 1.165) is 13.2 Å². The number of hydrogen-bond acceptors (Lipinski definition) is 4. The van der Waals surface area contributed by atoms with Gasteiger partial charge in [0.25, 0.3) is 0 Å². The molecule has 4 nitrogen and oxygen atoms in total. The summed E-state index contributed by atoms with van der Waals surface area (Å²) in [5.74, 6) is -1.99. The highest BCUT2D eigenvalue weighted by molar-refractivity contribution is 5.91. The lowest BCUT2D eigenvalue weighted by atomic mass is 9.99. The van der Waals surface area contributed by atoms with Crippen molar-refractivity contribution in [3.8, 4) is 16.9 Å². The molecule has 0 saturated carbocycles. The van der Waals surface area contributed by atoms with Crippen molar-refractivity contribution < 1.29 is 31.8 Å². The first-order chi connectivity index (χ1) is 11.8. The Morgan fingerprint density at radius 2 is 1.92 bits per heavy atom. The zero-order valence-corrected chi connectivity index (χ0v) is 13.2. The van der Waals surface area contributed by atoms with Crippen molar-refractivity contribution in [1.82, 2.24) is 0 Å². The normalized spacial score (nSPS) is 11.3. The molecule has 0 aliphatic rings. The highest BCUT2D eigenvalue weighted by atomic mass is 19.4. The molecule has 0 spiro atoms. The first kappa shape index (κ1) is 18.7. The summed E-state index contributed by atoms with van der Waals surface area (Å²) in [4.78, 5) is 11.8. The number of esters is 1. The highest BCUT2D eigenvalue weighted by Crippen LogP contribution is 2.36. The van der Waals surface area contributed by atoms with E-state index in [4.69, 9.17) is 10.5 Å². The summed E-state index contributed by atoms with van der Waals surface area (Å²) in [6.45, 7) is 0.310. The van der Waals surface area contributed by atoms with E-state index in [-0.39, 0.29) is 35.6 Å². The minimum absolute atomic E-state index is 0.0174. The second-order valence-corrected chi connectivity index (χ2v) is 5.04. The molecular formula is C17H15F4NO3. The topological polar surface area (TPSA) is 61.5 Å². The van der Waals surface area contributed by atoms with E-state index in [0.29, 0.717) is 6.07 Å². The largest absolute Gasteiger partial charge is 0.492 e. The van der Waals surface area contributed by atoms with E-state index in [2.05, 4.69) is 4.74 Å². The van der Waals surface area contributed by atoms with Gasteiger partial charge >= 0.3 is 12.1 Å². The number of nitrogens with two attached hydrogens (primary N) is 1. The van der Waals surface area contributed by atoms with Crippen LogP contribution in [0.3, 0.4) is 0 Å². The fourth-order valence-electron chi connectivity index (χ4n) is 2.22. The number of benzene rings is 2. The third-order valence-electron chi connectivity index (χ3n) is 3.33. The van der Waals surface area contributed by atoms with Crippen LogP contribution in [0.2, 0.25) is 0 Å². The molecule has 2 aromatic carbocycles. The van der Waals surface area contributed by atoms with E-state index < -0.39 is 23.5 Å². The van der Waals surface area contributed by atoms with E-state index in [1.54, 1.807) is 0 Å². The summed E-state index contributed by atoms with van der Waals surface area (Å²) in [6, 6.07) is 6.84. The maximum absolute atomic E-state index is 14.4. The predicted octanol–water partition coefficient (Wildman–Crippen LogP) is 3.64. The first-order valence-corrected chi connectivity index (χ1v) is 7.20. The fourth-order valence-corrected chi connectivity index (χ4v) is 2.22. The zero-order chi connectivity index (χ0) is 18.6. The second kappa shape index (κ2) is 7.52. The molecule has 2 N–H and O–H groups in total. The third-order valence-corrected chi connectivity index (χ3v) is 3.33. The minimum atomic E-state index is -4.83. The summed E-state index contributed by atoms with van der Waals surface area (Å²) in [6.07, 6.45) is -4.83. The number of carbonyl (C=O) groups excluding carboxylic acids is 1. The molecule has 0 amide bonds. The molecule has 0 atom stereocenters. The van der Waals surface area contributed by atoms with Crippen LogP contribution in [-0.2, 0) is 10.9 Å². The van der Waals surface area contributed by atoms with Crippen molar-refractivity contribution in [2.45, 2.75) is 6.18 Å². The van der Waals surface area contributed by atoms with Crippen LogP contribution in [-0.4, -0.2) is 26.2 Å². The molecule has 2 aromatic rings. The lowest BCUT2D eigenvalue weighted by molar-refractivity contribution is -0.139. The van der Waals surface area contributed by atoms with Crippen LogP contribution in [0.4, 0.5) is 17.6 Å². The predicted molar refractivity (Wildman–Crippen MR) is 82.7 cm³/mol. The van der Waals surface area contributed by atoms with Gasteiger partial charge in [-0.2, -0.15) is 13.2 Å². The molecule has 134 valence electrons. The van der Waals surface area contributed by atoms with Gasteiger partial charge in [-0.25, -0.2) is 9.18 Å². The molecule has 0 aromatic heterocycles. The van der Waals surface area contributed by atoms with Crippen LogP contribution in [0, 0.1) is 5.82 Å². The molecule has 0 heterocycles. The monoisotopic (exact) mass is 357 g/mol. The maximum Gasteiger partial charge on any atom is 0.419 e. The SMILES string of the molecule is COC(=O)c1cc(OCCN)cc(-c2cccc(C(F)(F)F)c2F)c1. The first-order valence-electron chi connectivity index (χ1n) is 7.20. The van der Waals surface area contributed by atoms with Gasteiger partial charge in [-0.05, 0) is 29.8 Å². The highest BCUT2D eigenvalue weighted by Gasteiger charge is 2.35. The summed E-state index contributed by atoms with van der Waals surface area (Å²) >= 11 is 0. The van der Waals surface area contributed by atoms with E-state index in [1.165, 1.54) is 24.3 Å². The maximum atomic E-state index is 14.4. The van der Waals surface area contributed by atoms with Gasteiger partial charge in [0.15, 0.2) is 0 Å². The van der Waals surface area contributed by atoms with Crippen molar-refractivity contribution in [2.24, 2.45) is 5.73 Å². The summed E-state index contributed by atoms with van der Waals surface area (Å²) in [5, 5.41) is 0. The van der Waals surface area contributed by atoms with Crippen LogP contribution < -0.4 is 10.5 Å². The second-order valence-electron chi connectivity index (χ2n) is 5.04. The number of halogens is 4. The standard InChI is InChI=1S/C17H15F4NO3/c1-24-16(23)11-7-10(8-12(9-11)25-6-5-22)13-3-2-4-14(15(13)18)17(19,20)21/h2-4,7-9H,5-6,22H2,1H3. The molecule has 25 heavy (non-hydrogen) atoms. The van der Waals surface area contributed by atoms with E-state index in [9.17, 15) is 22.4 Å². The van der Waals surface area contributed by atoms with Crippen LogP contribution >= 0.6 is 0 Å². The molecule has 0 unspecified atom stereocenters. The van der Waals surface area contributed by atoms with Crippen LogP contribution in [0.1, 0.15) is 15.9 Å². The quantitative estimate of drug-likeness (QED) is 0.656. The molecule has 0 aliphatic heterocycles. The van der Waals surface area contributed by atoms with Gasteiger partial charge in [-0.1, -0.05) is 12.1 Å². The van der Waals surface area contributed by atoms with Crippen LogP contribution in [0.25, 0.3) is 11.1 Å². The number of ether oxygens (including phenoxy) is 2. The fraction of sp³-hybridized carbons (Fsp3) is 0.235. The number of hydrogen-bond donors (Lipinski definition) is 1. The van der Waals surface area contributed by atoms with Gasteiger partial charge in [-0.3, -0.25) is 0 Å².